The Balaban J connectivity index is 0.00000225. The number of pyridine rings is 1. The molecule has 2 aliphatic heterocycles. The molecule has 0 N–H and O–H groups in total. The van der Waals surface area contributed by atoms with E-state index in [-0.39, 0.29) is 18.3 Å². The Labute approximate surface area is 174 Å². The number of anilines is 1. The Bertz CT molecular complexity index is 796. The first kappa shape index (κ1) is 20.9. The molecule has 0 unspecified atom stereocenters. The Morgan fingerprint density at radius 3 is 2.43 bits per heavy atom. The molecule has 6 heteroatoms. The Morgan fingerprint density at radius 1 is 1.04 bits per heavy atom. The van der Waals surface area contributed by atoms with E-state index in [1.807, 2.05) is 12.3 Å². The molecule has 3 heterocycles. The van der Waals surface area contributed by atoms with Crippen molar-refractivity contribution in [2.24, 2.45) is 5.92 Å². The Hall–Kier alpha value is -1.85. The van der Waals surface area contributed by atoms with Crippen molar-refractivity contribution in [1.29, 1.82) is 0 Å². The van der Waals surface area contributed by atoms with Gasteiger partial charge in [-0.2, -0.15) is 0 Å². The van der Waals surface area contributed by atoms with Crippen LogP contribution in [0.2, 0.25) is 0 Å². The van der Waals surface area contributed by atoms with Crippen molar-refractivity contribution in [3.8, 4) is 0 Å². The van der Waals surface area contributed by atoms with Crippen molar-refractivity contribution in [1.82, 2.24) is 14.8 Å². The van der Waals surface area contributed by atoms with Gasteiger partial charge in [-0.05, 0) is 51.0 Å². The zero-order valence-electron chi connectivity index (χ0n) is 16.9. The minimum Gasteiger partial charge on any atom is -0.371 e. The lowest BCUT2D eigenvalue weighted by molar-refractivity contribution is -0.138. The quantitative estimate of drug-likeness (QED) is 0.788. The number of aromatic nitrogens is 1. The predicted octanol–water partition coefficient (Wildman–Crippen LogP) is 3.43. The van der Waals surface area contributed by atoms with Gasteiger partial charge in [-0.3, -0.25) is 14.7 Å². The summed E-state index contributed by atoms with van der Waals surface area (Å²) in [5.74, 6) is 0.565. The van der Waals surface area contributed by atoms with E-state index in [2.05, 4.69) is 57.8 Å². The second-order valence-corrected chi connectivity index (χ2v) is 8.10. The van der Waals surface area contributed by atoms with Crippen molar-refractivity contribution in [3.05, 3.63) is 36.5 Å². The molecule has 2 aliphatic rings. The van der Waals surface area contributed by atoms with Gasteiger partial charge in [0, 0.05) is 68.5 Å². The number of hydrogen-bond donors (Lipinski definition) is 0. The van der Waals surface area contributed by atoms with Crippen molar-refractivity contribution in [3.63, 3.8) is 0 Å². The molecule has 2 aromatic rings. The number of nitrogens with zero attached hydrogens (tertiary/aromatic N) is 4. The summed E-state index contributed by atoms with van der Waals surface area (Å²) in [6, 6.07) is 11.1. The molecule has 0 spiro atoms. The molecule has 5 nitrogen and oxygen atoms in total. The van der Waals surface area contributed by atoms with Crippen LogP contribution in [0.4, 0.5) is 5.69 Å². The average Bonchev–Trinajstić information content (AvgIpc) is 2.73. The van der Waals surface area contributed by atoms with E-state index >= 15 is 0 Å². The first-order valence-corrected chi connectivity index (χ1v) is 10.2. The summed E-state index contributed by atoms with van der Waals surface area (Å²) < 4.78 is 0. The predicted molar refractivity (Wildman–Crippen MR) is 117 cm³/mol. The maximum atomic E-state index is 12.9. The monoisotopic (exact) mass is 402 g/mol. The number of halogens is 1. The highest BCUT2D eigenvalue weighted by Crippen LogP contribution is 2.27. The maximum absolute atomic E-state index is 12.9. The lowest BCUT2D eigenvalue weighted by atomic mass is 9.94. The summed E-state index contributed by atoms with van der Waals surface area (Å²) >= 11 is 0. The normalized spacial score (nSPS) is 19.1. The lowest BCUT2D eigenvalue weighted by Crippen LogP contribution is -2.53. The number of piperazine rings is 1. The molecule has 0 aliphatic carbocycles. The van der Waals surface area contributed by atoms with Crippen molar-refractivity contribution in [2.75, 3.05) is 44.2 Å². The minimum atomic E-state index is 0. The van der Waals surface area contributed by atoms with Gasteiger partial charge in [-0.15, -0.1) is 12.4 Å². The van der Waals surface area contributed by atoms with E-state index in [1.165, 1.54) is 11.1 Å². The van der Waals surface area contributed by atoms with Gasteiger partial charge in [-0.1, -0.05) is 6.07 Å². The van der Waals surface area contributed by atoms with Crippen LogP contribution in [-0.4, -0.2) is 66.0 Å². The van der Waals surface area contributed by atoms with Crippen LogP contribution in [0.3, 0.4) is 0 Å². The first-order chi connectivity index (χ1) is 13.1. The van der Waals surface area contributed by atoms with Crippen LogP contribution in [0.5, 0.6) is 0 Å². The highest BCUT2D eigenvalue weighted by molar-refractivity contribution is 5.85. The van der Waals surface area contributed by atoms with Crippen molar-refractivity contribution >= 4 is 34.9 Å². The second kappa shape index (κ2) is 9.10. The van der Waals surface area contributed by atoms with Crippen LogP contribution in [-0.2, 0) is 4.79 Å². The molecule has 2 fully saturated rings. The fraction of sp³-hybridized carbons (Fsp3) is 0.545. The van der Waals surface area contributed by atoms with Crippen LogP contribution in [0.1, 0.15) is 26.7 Å². The van der Waals surface area contributed by atoms with E-state index in [0.29, 0.717) is 11.9 Å². The highest BCUT2D eigenvalue weighted by Gasteiger charge is 2.30. The topological polar surface area (TPSA) is 39.7 Å². The zero-order valence-corrected chi connectivity index (χ0v) is 17.7. The van der Waals surface area contributed by atoms with Gasteiger partial charge in [-0.25, -0.2) is 0 Å². The van der Waals surface area contributed by atoms with Gasteiger partial charge in [0.1, 0.15) is 0 Å². The Morgan fingerprint density at radius 2 is 1.75 bits per heavy atom. The molecule has 0 atom stereocenters. The number of carbonyl (C=O) groups is 1. The molecule has 152 valence electrons. The Kier molecular flexibility index (Phi) is 6.78. The summed E-state index contributed by atoms with van der Waals surface area (Å²) in [6.07, 6.45) is 3.74. The van der Waals surface area contributed by atoms with Crippen LogP contribution in [0.25, 0.3) is 10.9 Å². The van der Waals surface area contributed by atoms with E-state index < -0.39 is 0 Å². The van der Waals surface area contributed by atoms with Crippen LogP contribution in [0, 0.1) is 5.92 Å². The molecule has 4 rings (SSSR count). The standard InChI is InChI=1S/C22H30N4O.ClH/c1-17(2)24-12-14-26(15-13-24)22(27)18-7-10-25(11-8-18)20-5-6-21-19(16-20)4-3-9-23-21;/h3-6,9,16-18H,7-8,10-15H2,1-2H3;1H. The van der Waals surface area contributed by atoms with Gasteiger partial charge >= 0.3 is 0 Å². The summed E-state index contributed by atoms with van der Waals surface area (Å²) in [6.45, 7) is 10.2. The van der Waals surface area contributed by atoms with Crippen molar-refractivity contribution in [2.45, 2.75) is 32.7 Å². The summed E-state index contributed by atoms with van der Waals surface area (Å²) in [7, 11) is 0. The number of fused-ring (bicyclic) bond motifs is 1. The SMILES string of the molecule is CC(C)N1CCN(C(=O)C2CCN(c3ccc4ncccc4c3)CC2)CC1.Cl. The zero-order chi connectivity index (χ0) is 18.8. The number of piperidine rings is 1. The number of hydrogen-bond acceptors (Lipinski definition) is 4. The number of carbonyl (C=O) groups excluding carboxylic acids is 1. The fourth-order valence-corrected chi connectivity index (χ4v) is 4.36. The maximum Gasteiger partial charge on any atom is 0.225 e. The molecule has 1 aromatic heterocycles. The molecular weight excluding hydrogens is 372 g/mol. The molecule has 0 bridgehead atoms. The van der Waals surface area contributed by atoms with Gasteiger partial charge in [0.15, 0.2) is 0 Å². The summed E-state index contributed by atoms with van der Waals surface area (Å²) in [4.78, 5) is 24.3. The van der Waals surface area contributed by atoms with E-state index in [0.717, 1.165) is 57.6 Å². The molecule has 1 amide bonds. The lowest BCUT2D eigenvalue weighted by Gasteiger charge is -2.40. The molecular formula is C22H31ClN4O. The third-order valence-corrected chi connectivity index (χ3v) is 6.15. The average molecular weight is 403 g/mol. The number of rotatable bonds is 3. The summed E-state index contributed by atoms with van der Waals surface area (Å²) in [5, 5.41) is 1.18. The minimum absolute atomic E-state index is 0. The molecule has 0 saturated carbocycles. The smallest absolute Gasteiger partial charge is 0.225 e. The molecule has 0 radical (unpaired) electrons. The van der Waals surface area contributed by atoms with E-state index in [9.17, 15) is 4.79 Å². The fourth-order valence-electron chi connectivity index (χ4n) is 4.36. The van der Waals surface area contributed by atoms with Gasteiger partial charge < -0.3 is 9.80 Å². The largest absolute Gasteiger partial charge is 0.371 e. The summed E-state index contributed by atoms with van der Waals surface area (Å²) in [5.41, 5.74) is 2.28. The number of benzene rings is 1. The first-order valence-electron chi connectivity index (χ1n) is 10.2. The molecule has 28 heavy (non-hydrogen) atoms. The number of amides is 1. The third-order valence-electron chi connectivity index (χ3n) is 6.15. The molecule has 2 saturated heterocycles. The van der Waals surface area contributed by atoms with Gasteiger partial charge in [0.05, 0.1) is 5.52 Å². The van der Waals surface area contributed by atoms with Crippen LogP contribution < -0.4 is 4.90 Å². The van der Waals surface area contributed by atoms with Gasteiger partial charge in [0.2, 0.25) is 5.91 Å². The second-order valence-electron chi connectivity index (χ2n) is 8.10. The van der Waals surface area contributed by atoms with Crippen LogP contribution in [0.15, 0.2) is 36.5 Å². The highest BCUT2D eigenvalue weighted by atomic mass is 35.5. The molecule has 1 aromatic carbocycles. The van der Waals surface area contributed by atoms with E-state index in [4.69, 9.17) is 0 Å². The van der Waals surface area contributed by atoms with Crippen molar-refractivity contribution < 1.29 is 4.79 Å². The van der Waals surface area contributed by atoms with E-state index in [1.54, 1.807) is 0 Å². The third kappa shape index (κ3) is 4.41. The van der Waals surface area contributed by atoms with Crippen LogP contribution >= 0.6 is 12.4 Å². The van der Waals surface area contributed by atoms with Gasteiger partial charge in [0.25, 0.3) is 0 Å².